The lowest BCUT2D eigenvalue weighted by atomic mass is 10.0. The largest absolute Gasteiger partial charge is 0.353 e. The number of H-pyrrole nitrogens is 1. The van der Waals surface area contributed by atoms with Crippen LogP contribution in [-0.4, -0.2) is 64.5 Å². The Balaban J connectivity index is 1.22. The molecule has 2 fully saturated rings. The van der Waals surface area contributed by atoms with Gasteiger partial charge in [0.1, 0.15) is 23.3 Å². The second-order valence-corrected chi connectivity index (χ2v) is 9.03. The van der Waals surface area contributed by atoms with E-state index in [1.54, 1.807) is 30.5 Å². The van der Waals surface area contributed by atoms with Crippen LogP contribution in [0.3, 0.4) is 0 Å². The van der Waals surface area contributed by atoms with Crippen LogP contribution in [0, 0.1) is 11.2 Å². The number of hydrogen-bond donors (Lipinski definition) is 4. The Hall–Kier alpha value is -3.56. The maximum Gasteiger partial charge on any atom is 0.130 e. The van der Waals surface area contributed by atoms with Crippen molar-refractivity contribution < 1.29 is 4.39 Å². The predicted octanol–water partition coefficient (Wildman–Crippen LogP) is 3.18. The van der Waals surface area contributed by atoms with Gasteiger partial charge < -0.3 is 25.8 Å². The summed E-state index contributed by atoms with van der Waals surface area (Å²) in [6, 6.07) is 13.1. The summed E-state index contributed by atoms with van der Waals surface area (Å²) in [5.41, 5.74) is 8.13. The van der Waals surface area contributed by atoms with Crippen molar-refractivity contribution in [2.45, 2.75) is 24.9 Å². The van der Waals surface area contributed by atoms with Crippen LogP contribution in [0.4, 0.5) is 10.2 Å². The number of nitrogens with one attached hydrogen (secondary N) is 3. The fourth-order valence-corrected chi connectivity index (χ4v) is 4.75. The molecule has 1 atom stereocenters. The second-order valence-electron chi connectivity index (χ2n) is 9.03. The maximum atomic E-state index is 13.7. The van der Waals surface area contributed by atoms with Gasteiger partial charge in [-0.3, -0.25) is 5.41 Å². The van der Waals surface area contributed by atoms with Gasteiger partial charge in [0.15, 0.2) is 0 Å². The number of aromatic amines is 1. The zero-order valence-corrected chi connectivity index (χ0v) is 19.6. The summed E-state index contributed by atoms with van der Waals surface area (Å²) in [4.78, 5) is 16.8. The van der Waals surface area contributed by atoms with Crippen molar-refractivity contribution in [1.82, 2.24) is 25.2 Å². The Labute approximate surface area is 204 Å². The number of nitrogens with zero attached hydrogens (tertiary/aromatic N) is 4. The third-order valence-corrected chi connectivity index (χ3v) is 6.58. The molecule has 2 aromatic heterocycles. The van der Waals surface area contributed by atoms with Gasteiger partial charge in [0.2, 0.25) is 0 Å². The smallest absolute Gasteiger partial charge is 0.130 e. The number of benzene rings is 1. The van der Waals surface area contributed by atoms with Crippen LogP contribution in [-0.2, 0) is 0 Å². The third kappa shape index (κ3) is 5.26. The Morgan fingerprint density at radius 1 is 1.26 bits per heavy atom. The molecule has 0 radical (unpaired) electrons. The average molecular weight is 475 g/mol. The van der Waals surface area contributed by atoms with Gasteiger partial charge in [0, 0.05) is 38.8 Å². The highest BCUT2D eigenvalue weighted by atomic mass is 19.1. The first-order valence-corrected chi connectivity index (χ1v) is 12.1. The Bertz CT molecular complexity index is 1200. The molecule has 2 aliphatic rings. The highest BCUT2D eigenvalue weighted by Gasteiger charge is 2.28. The highest BCUT2D eigenvalue weighted by Crippen LogP contribution is 2.32. The van der Waals surface area contributed by atoms with Crippen LogP contribution < -0.4 is 16.0 Å². The molecule has 1 aromatic carbocycles. The molecule has 1 unspecified atom stereocenters. The van der Waals surface area contributed by atoms with Crippen molar-refractivity contribution in [2.75, 3.05) is 37.6 Å². The lowest BCUT2D eigenvalue weighted by Gasteiger charge is -2.40. The van der Waals surface area contributed by atoms with Crippen molar-refractivity contribution in [3.8, 4) is 11.4 Å². The fraction of sp³-hybridized carbons (Fsp3) is 0.346. The van der Waals surface area contributed by atoms with E-state index < -0.39 is 0 Å². The topological polar surface area (TPSA) is 110 Å². The monoisotopic (exact) mass is 474 g/mol. The van der Waals surface area contributed by atoms with E-state index in [0.29, 0.717) is 24.2 Å². The number of halogens is 1. The Kier molecular flexibility index (Phi) is 6.87. The number of pyridine rings is 1. The number of imidazole rings is 1. The van der Waals surface area contributed by atoms with E-state index in [1.807, 2.05) is 29.2 Å². The van der Waals surface area contributed by atoms with Crippen molar-refractivity contribution >= 4 is 17.7 Å². The standard InChI is InChI=1S/C26H31FN8/c27-19-5-1-4-18(14-19)23-7-3-13-35(23)24(29)9-10-25-31-15-22(32-25)21-6-2-8-26(33-21)34-16-20(17-34)30-12-11-28/h1-2,4-6,8-10,14-15,20,23,29-30H,3,7,11-13,16-17,28H2,(H,31,32)/b10-9-,29-24?. The molecular formula is C26H31FN8. The Morgan fingerprint density at radius 2 is 2.11 bits per heavy atom. The molecule has 5 rings (SSSR count). The van der Waals surface area contributed by atoms with Gasteiger partial charge in [0.05, 0.1) is 23.6 Å². The van der Waals surface area contributed by atoms with E-state index in [0.717, 1.165) is 61.8 Å². The first-order valence-electron chi connectivity index (χ1n) is 12.1. The zero-order valence-electron chi connectivity index (χ0n) is 19.6. The summed E-state index contributed by atoms with van der Waals surface area (Å²) < 4.78 is 13.7. The van der Waals surface area contributed by atoms with Gasteiger partial charge in [0.25, 0.3) is 0 Å². The summed E-state index contributed by atoms with van der Waals surface area (Å²) in [6.45, 7) is 4.10. The molecular weight excluding hydrogens is 443 g/mol. The van der Waals surface area contributed by atoms with Crippen LogP contribution in [0.1, 0.15) is 30.3 Å². The van der Waals surface area contributed by atoms with Gasteiger partial charge >= 0.3 is 0 Å². The molecule has 2 aliphatic heterocycles. The molecule has 5 N–H and O–H groups in total. The predicted molar refractivity (Wildman–Crippen MR) is 137 cm³/mol. The fourth-order valence-electron chi connectivity index (χ4n) is 4.75. The van der Waals surface area contributed by atoms with E-state index >= 15 is 0 Å². The molecule has 0 aliphatic carbocycles. The lowest BCUT2D eigenvalue weighted by Crippen LogP contribution is -2.59. The molecule has 0 amide bonds. The summed E-state index contributed by atoms with van der Waals surface area (Å²) in [5.74, 6) is 1.76. The summed E-state index contributed by atoms with van der Waals surface area (Å²) >= 11 is 0. The summed E-state index contributed by atoms with van der Waals surface area (Å²) in [5, 5.41) is 12.0. The summed E-state index contributed by atoms with van der Waals surface area (Å²) in [6.07, 6.45) is 7.21. The number of amidine groups is 1. The minimum absolute atomic E-state index is 0.0218. The second kappa shape index (κ2) is 10.4. The first kappa shape index (κ1) is 23.2. The van der Waals surface area contributed by atoms with Crippen LogP contribution in [0.15, 0.2) is 54.7 Å². The van der Waals surface area contributed by atoms with Gasteiger partial charge in [-0.25, -0.2) is 14.4 Å². The van der Waals surface area contributed by atoms with Gasteiger partial charge in [-0.05, 0) is 54.8 Å². The number of aromatic nitrogens is 3. The molecule has 182 valence electrons. The number of nitrogens with two attached hydrogens (primary N) is 1. The van der Waals surface area contributed by atoms with Gasteiger partial charge in [-0.15, -0.1) is 0 Å². The van der Waals surface area contributed by atoms with Crippen LogP contribution in [0.25, 0.3) is 17.5 Å². The number of rotatable bonds is 8. The minimum Gasteiger partial charge on any atom is -0.353 e. The lowest BCUT2D eigenvalue weighted by molar-refractivity contribution is 0.399. The molecule has 9 heteroatoms. The molecule has 0 spiro atoms. The van der Waals surface area contributed by atoms with Crippen LogP contribution >= 0.6 is 0 Å². The molecule has 4 heterocycles. The van der Waals surface area contributed by atoms with Crippen LogP contribution in [0.2, 0.25) is 0 Å². The summed E-state index contributed by atoms with van der Waals surface area (Å²) in [7, 11) is 0. The van der Waals surface area contributed by atoms with Crippen molar-refractivity contribution in [3.05, 3.63) is 71.9 Å². The molecule has 0 bridgehead atoms. The van der Waals surface area contributed by atoms with E-state index in [1.165, 1.54) is 6.07 Å². The molecule has 3 aromatic rings. The minimum atomic E-state index is -0.241. The quantitative estimate of drug-likeness (QED) is 0.295. The van der Waals surface area contributed by atoms with Gasteiger partial charge in [-0.1, -0.05) is 18.2 Å². The van der Waals surface area contributed by atoms with E-state index in [4.69, 9.17) is 16.1 Å². The van der Waals surface area contributed by atoms with Crippen molar-refractivity contribution in [3.63, 3.8) is 0 Å². The van der Waals surface area contributed by atoms with E-state index in [-0.39, 0.29) is 11.9 Å². The van der Waals surface area contributed by atoms with Crippen LogP contribution in [0.5, 0.6) is 0 Å². The van der Waals surface area contributed by atoms with Crippen molar-refractivity contribution in [1.29, 1.82) is 5.41 Å². The van der Waals surface area contributed by atoms with Gasteiger partial charge in [-0.2, -0.15) is 0 Å². The zero-order chi connectivity index (χ0) is 24.2. The maximum absolute atomic E-state index is 13.7. The molecule has 2 saturated heterocycles. The van der Waals surface area contributed by atoms with E-state index in [2.05, 4.69) is 20.2 Å². The first-order chi connectivity index (χ1) is 17.1. The third-order valence-electron chi connectivity index (χ3n) is 6.58. The highest BCUT2D eigenvalue weighted by molar-refractivity contribution is 5.94. The number of hydrogen-bond acceptors (Lipinski definition) is 6. The molecule has 0 saturated carbocycles. The Morgan fingerprint density at radius 3 is 2.94 bits per heavy atom. The normalized spacial score (nSPS) is 18.4. The van der Waals surface area contributed by atoms with Crippen molar-refractivity contribution in [2.24, 2.45) is 5.73 Å². The molecule has 8 nitrogen and oxygen atoms in total. The van der Waals surface area contributed by atoms with E-state index in [9.17, 15) is 4.39 Å². The molecule has 35 heavy (non-hydrogen) atoms. The number of anilines is 1. The average Bonchev–Trinajstić information content (AvgIpc) is 3.52. The number of likely N-dealkylation sites (tertiary alicyclic amines) is 1. The SMILES string of the molecule is N=C(/C=C\c1ncc(-c2cccc(N3CC(NCCN)C3)n2)[nH]1)N1CCCC1c1cccc(F)c1.